The van der Waals surface area contributed by atoms with Gasteiger partial charge in [-0.15, -0.1) is 0 Å². The largest absolute Gasteiger partial charge is 0.340 e. The van der Waals surface area contributed by atoms with Crippen LogP contribution in [0, 0.1) is 6.92 Å². The molecule has 1 fully saturated rings. The van der Waals surface area contributed by atoms with E-state index < -0.39 is 9.84 Å². The summed E-state index contributed by atoms with van der Waals surface area (Å²) in [5, 5.41) is 4.01. The van der Waals surface area contributed by atoms with Crippen molar-refractivity contribution in [1.29, 1.82) is 0 Å². The third-order valence-electron chi connectivity index (χ3n) is 4.17. The highest BCUT2D eigenvalue weighted by atomic mass is 32.2. The van der Waals surface area contributed by atoms with Gasteiger partial charge in [-0.05, 0) is 44.5 Å². The average molecular weight is 335 g/mol. The summed E-state index contributed by atoms with van der Waals surface area (Å²) in [4.78, 5) is 6.96. The maximum absolute atomic E-state index is 12.3. The number of sulfone groups is 1. The zero-order valence-electron chi connectivity index (χ0n) is 13.2. The summed E-state index contributed by atoms with van der Waals surface area (Å²) in [6.07, 6.45) is 2.67. The summed E-state index contributed by atoms with van der Waals surface area (Å²) in [5.41, 5.74) is 0. The Labute approximate surface area is 136 Å². The second-order valence-corrected chi connectivity index (χ2v) is 7.96. The predicted molar refractivity (Wildman–Crippen MR) is 85.7 cm³/mol. The summed E-state index contributed by atoms with van der Waals surface area (Å²) in [5.74, 6) is 1.44. The molecule has 0 saturated carbocycles. The van der Waals surface area contributed by atoms with Gasteiger partial charge in [-0.3, -0.25) is 4.90 Å². The van der Waals surface area contributed by atoms with Crippen LogP contribution in [-0.4, -0.2) is 42.3 Å². The maximum Gasteiger partial charge on any atom is 0.223 e. The molecule has 3 rings (SSSR count). The van der Waals surface area contributed by atoms with Gasteiger partial charge in [-0.1, -0.05) is 23.4 Å². The number of aromatic nitrogens is 2. The molecule has 6 nitrogen and oxygen atoms in total. The molecule has 0 bridgehead atoms. The van der Waals surface area contributed by atoms with E-state index in [-0.39, 0.29) is 11.8 Å². The molecule has 0 aliphatic carbocycles. The highest BCUT2D eigenvalue weighted by Gasteiger charge is 2.29. The van der Waals surface area contributed by atoms with Gasteiger partial charge in [0, 0.05) is 6.92 Å². The molecular formula is C16H21N3O3S. The summed E-state index contributed by atoms with van der Waals surface area (Å²) in [6.45, 7) is 3.45. The van der Waals surface area contributed by atoms with Crippen LogP contribution in [0.5, 0.6) is 0 Å². The van der Waals surface area contributed by atoms with Crippen molar-refractivity contribution in [3.05, 3.63) is 42.0 Å². The molecule has 1 unspecified atom stereocenters. The Hall–Kier alpha value is -1.73. The van der Waals surface area contributed by atoms with Crippen LogP contribution in [-0.2, 0) is 9.84 Å². The smallest absolute Gasteiger partial charge is 0.223 e. The van der Waals surface area contributed by atoms with Crippen molar-refractivity contribution in [2.75, 3.05) is 18.8 Å². The Morgan fingerprint density at radius 2 is 2.09 bits per heavy atom. The Bertz CT molecular complexity index is 743. The highest BCUT2D eigenvalue weighted by Crippen LogP contribution is 2.30. The molecule has 0 spiro atoms. The minimum Gasteiger partial charge on any atom is -0.340 e. The van der Waals surface area contributed by atoms with Gasteiger partial charge in [0.25, 0.3) is 0 Å². The lowest BCUT2D eigenvalue weighted by molar-refractivity contribution is 0.243. The third kappa shape index (κ3) is 3.79. The first kappa shape index (κ1) is 16.1. The standard InChI is InChI=1S/C16H21N3O3S/c1-13-17-16(18-22-13)15-9-5-10-19(15)11-6-12-23(20,21)14-7-3-2-4-8-14/h2-4,7-8,15H,5-6,9-12H2,1H3. The van der Waals surface area contributed by atoms with Crippen LogP contribution in [0.15, 0.2) is 39.8 Å². The van der Waals surface area contributed by atoms with Crippen molar-refractivity contribution < 1.29 is 12.9 Å². The first-order valence-electron chi connectivity index (χ1n) is 7.88. The van der Waals surface area contributed by atoms with E-state index in [0.717, 1.165) is 25.9 Å². The fourth-order valence-electron chi connectivity index (χ4n) is 3.04. The maximum atomic E-state index is 12.3. The number of nitrogens with zero attached hydrogens (tertiary/aromatic N) is 3. The van der Waals surface area contributed by atoms with Crippen LogP contribution < -0.4 is 0 Å². The summed E-state index contributed by atoms with van der Waals surface area (Å²) < 4.78 is 29.7. The van der Waals surface area contributed by atoms with Crippen molar-refractivity contribution in [1.82, 2.24) is 15.0 Å². The van der Waals surface area contributed by atoms with Crippen LogP contribution in [0.2, 0.25) is 0 Å². The number of hydrogen-bond donors (Lipinski definition) is 0. The fourth-order valence-corrected chi connectivity index (χ4v) is 4.36. The van der Waals surface area contributed by atoms with Crippen molar-refractivity contribution in [3.8, 4) is 0 Å². The van der Waals surface area contributed by atoms with E-state index in [4.69, 9.17) is 4.52 Å². The van der Waals surface area contributed by atoms with Gasteiger partial charge in [0.2, 0.25) is 5.89 Å². The number of hydrogen-bond acceptors (Lipinski definition) is 6. The SMILES string of the molecule is Cc1nc(C2CCCN2CCCS(=O)(=O)c2ccccc2)no1. The minimum absolute atomic E-state index is 0.145. The molecule has 7 heteroatoms. The highest BCUT2D eigenvalue weighted by molar-refractivity contribution is 7.91. The quantitative estimate of drug-likeness (QED) is 0.807. The predicted octanol–water partition coefficient (Wildman–Crippen LogP) is 2.38. The van der Waals surface area contributed by atoms with E-state index in [1.54, 1.807) is 31.2 Å². The second-order valence-electron chi connectivity index (χ2n) is 5.85. The normalized spacial score (nSPS) is 19.3. The van der Waals surface area contributed by atoms with E-state index in [1.807, 2.05) is 6.07 Å². The number of rotatable bonds is 6. The van der Waals surface area contributed by atoms with E-state index >= 15 is 0 Å². The Morgan fingerprint density at radius 3 is 2.78 bits per heavy atom. The van der Waals surface area contributed by atoms with E-state index in [9.17, 15) is 8.42 Å². The van der Waals surface area contributed by atoms with Crippen LogP contribution >= 0.6 is 0 Å². The Balaban J connectivity index is 1.58. The van der Waals surface area contributed by atoms with Gasteiger partial charge in [-0.25, -0.2) is 8.42 Å². The van der Waals surface area contributed by atoms with Gasteiger partial charge in [0.05, 0.1) is 16.7 Å². The van der Waals surface area contributed by atoms with Crippen molar-refractivity contribution in [3.63, 3.8) is 0 Å². The van der Waals surface area contributed by atoms with Gasteiger partial charge in [0.15, 0.2) is 15.7 Å². The second kappa shape index (κ2) is 6.80. The van der Waals surface area contributed by atoms with E-state index in [1.165, 1.54) is 0 Å². The Morgan fingerprint density at radius 1 is 1.30 bits per heavy atom. The zero-order chi connectivity index (χ0) is 16.3. The summed E-state index contributed by atoms with van der Waals surface area (Å²) in [7, 11) is -3.21. The van der Waals surface area contributed by atoms with Crippen molar-refractivity contribution >= 4 is 9.84 Å². The molecule has 1 aliphatic rings. The van der Waals surface area contributed by atoms with E-state index in [0.29, 0.717) is 23.0 Å². The van der Waals surface area contributed by atoms with Gasteiger partial charge in [-0.2, -0.15) is 4.98 Å². The van der Waals surface area contributed by atoms with E-state index in [2.05, 4.69) is 15.0 Å². The summed E-state index contributed by atoms with van der Waals surface area (Å²) in [6, 6.07) is 8.77. The molecule has 1 aromatic heterocycles. The van der Waals surface area contributed by atoms with Crippen LogP contribution in [0.1, 0.15) is 37.0 Å². The number of benzene rings is 1. The zero-order valence-corrected chi connectivity index (χ0v) is 14.0. The monoisotopic (exact) mass is 335 g/mol. The van der Waals surface area contributed by atoms with Gasteiger partial charge < -0.3 is 4.52 Å². The first-order chi connectivity index (χ1) is 11.1. The van der Waals surface area contributed by atoms with Crippen LogP contribution in [0.4, 0.5) is 0 Å². The fraction of sp³-hybridized carbons (Fsp3) is 0.500. The molecule has 0 amide bonds. The average Bonchev–Trinajstić information content (AvgIpc) is 3.17. The topological polar surface area (TPSA) is 76.3 Å². The molecule has 2 aromatic rings. The third-order valence-corrected chi connectivity index (χ3v) is 5.98. The molecule has 124 valence electrons. The molecule has 1 aliphatic heterocycles. The summed E-state index contributed by atoms with van der Waals surface area (Å²) >= 11 is 0. The molecule has 1 atom stereocenters. The van der Waals surface area contributed by atoms with Crippen molar-refractivity contribution in [2.24, 2.45) is 0 Å². The number of aryl methyl sites for hydroxylation is 1. The molecule has 1 saturated heterocycles. The lowest BCUT2D eigenvalue weighted by atomic mass is 10.2. The molecule has 1 aromatic carbocycles. The molecule has 0 N–H and O–H groups in total. The lowest BCUT2D eigenvalue weighted by Gasteiger charge is -2.21. The number of likely N-dealkylation sites (tertiary alicyclic amines) is 1. The molecular weight excluding hydrogens is 314 g/mol. The van der Waals surface area contributed by atoms with Crippen LogP contribution in [0.3, 0.4) is 0 Å². The molecule has 2 heterocycles. The molecule has 0 radical (unpaired) electrons. The first-order valence-corrected chi connectivity index (χ1v) is 9.53. The Kier molecular flexibility index (Phi) is 4.77. The minimum atomic E-state index is -3.21. The van der Waals surface area contributed by atoms with Gasteiger partial charge in [0.1, 0.15) is 0 Å². The lowest BCUT2D eigenvalue weighted by Crippen LogP contribution is -2.26. The molecule has 23 heavy (non-hydrogen) atoms. The van der Waals surface area contributed by atoms with Crippen molar-refractivity contribution in [2.45, 2.75) is 37.1 Å². The van der Waals surface area contributed by atoms with Crippen LogP contribution in [0.25, 0.3) is 0 Å². The van der Waals surface area contributed by atoms with Gasteiger partial charge >= 0.3 is 0 Å².